The van der Waals surface area contributed by atoms with Gasteiger partial charge in [-0.25, -0.2) is 0 Å². The SMILES string of the molecule is Cc1noc(C)c1C(=O)N1CCCCC1c1nc(CCOCC2CC2)no1. The molecule has 0 radical (unpaired) electrons. The lowest BCUT2D eigenvalue weighted by atomic mass is 10.00. The molecule has 1 atom stereocenters. The van der Waals surface area contributed by atoms with Gasteiger partial charge in [-0.2, -0.15) is 4.98 Å². The van der Waals surface area contributed by atoms with Gasteiger partial charge in [-0.3, -0.25) is 4.79 Å². The fraction of sp³-hybridized carbons (Fsp3) is 0.684. The van der Waals surface area contributed by atoms with E-state index >= 15 is 0 Å². The molecule has 2 aromatic rings. The molecule has 1 saturated heterocycles. The first kappa shape index (κ1) is 18.2. The minimum atomic E-state index is -0.200. The van der Waals surface area contributed by atoms with Crippen LogP contribution in [0.3, 0.4) is 0 Å². The van der Waals surface area contributed by atoms with Gasteiger partial charge in [0.15, 0.2) is 5.82 Å². The highest BCUT2D eigenvalue weighted by molar-refractivity contribution is 5.96. The molecule has 4 rings (SSSR count). The molecule has 1 aliphatic heterocycles. The van der Waals surface area contributed by atoms with Gasteiger partial charge in [0.25, 0.3) is 5.91 Å². The summed E-state index contributed by atoms with van der Waals surface area (Å²) in [5.41, 5.74) is 1.15. The third-order valence-corrected chi connectivity index (χ3v) is 5.30. The summed E-state index contributed by atoms with van der Waals surface area (Å²) in [6.45, 7) is 5.64. The quantitative estimate of drug-likeness (QED) is 0.688. The van der Waals surface area contributed by atoms with Gasteiger partial charge >= 0.3 is 0 Å². The van der Waals surface area contributed by atoms with Crippen molar-refractivity contribution in [1.82, 2.24) is 20.2 Å². The second-order valence-corrected chi connectivity index (χ2v) is 7.53. The van der Waals surface area contributed by atoms with Crippen molar-refractivity contribution in [3.8, 4) is 0 Å². The number of nitrogens with zero attached hydrogens (tertiary/aromatic N) is 4. The fourth-order valence-electron chi connectivity index (χ4n) is 3.57. The number of aromatic nitrogens is 3. The molecule has 0 N–H and O–H groups in total. The van der Waals surface area contributed by atoms with E-state index in [2.05, 4.69) is 15.3 Å². The van der Waals surface area contributed by atoms with Crippen molar-refractivity contribution in [2.75, 3.05) is 19.8 Å². The highest BCUT2D eigenvalue weighted by atomic mass is 16.5. The molecule has 1 amide bonds. The number of hydrogen-bond acceptors (Lipinski definition) is 7. The van der Waals surface area contributed by atoms with Crippen LogP contribution in [0.5, 0.6) is 0 Å². The Labute approximate surface area is 158 Å². The summed E-state index contributed by atoms with van der Waals surface area (Å²) in [6, 6.07) is -0.200. The zero-order valence-electron chi connectivity index (χ0n) is 15.9. The van der Waals surface area contributed by atoms with E-state index in [0.29, 0.717) is 48.3 Å². The highest BCUT2D eigenvalue weighted by Crippen LogP contribution is 2.32. The van der Waals surface area contributed by atoms with Gasteiger partial charge in [0, 0.05) is 19.6 Å². The molecule has 1 unspecified atom stereocenters. The van der Waals surface area contributed by atoms with Gasteiger partial charge in [0.1, 0.15) is 17.4 Å². The average Bonchev–Trinajstić information content (AvgIpc) is 3.28. The maximum absolute atomic E-state index is 13.1. The summed E-state index contributed by atoms with van der Waals surface area (Å²) in [5, 5.41) is 7.99. The Morgan fingerprint density at radius 3 is 2.78 bits per heavy atom. The van der Waals surface area contributed by atoms with Gasteiger partial charge in [0.2, 0.25) is 5.89 Å². The van der Waals surface area contributed by atoms with Crippen LogP contribution in [-0.2, 0) is 11.2 Å². The summed E-state index contributed by atoms with van der Waals surface area (Å²) >= 11 is 0. The molecule has 3 heterocycles. The predicted octanol–water partition coefficient (Wildman–Crippen LogP) is 3.01. The lowest BCUT2D eigenvalue weighted by molar-refractivity contribution is 0.0559. The minimum Gasteiger partial charge on any atom is -0.381 e. The minimum absolute atomic E-state index is 0.0801. The second-order valence-electron chi connectivity index (χ2n) is 7.53. The largest absolute Gasteiger partial charge is 0.381 e. The van der Waals surface area contributed by atoms with Crippen LogP contribution in [0.1, 0.15) is 71.7 Å². The van der Waals surface area contributed by atoms with E-state index in [9.17, 15) is 4.79 Å². The molecule has 2 fully saturated rings. The Hall–Kier alpha value is -2.22. The zero-order valence-corrected chi connectivity index (χ0v) is 15.9. The Kier molecular flexibility index (Phi) is 5.24. The number of piperidine rings is 1. The molecule has 1 aliphatic carbocycles. The standard InChI is InChI=1S/C19H26N4O4/c1-12-17(13(2)26-21-12)19(24)23-9-4-3-5-15(23)18-20-16(22-27-18)8-10-25-11-14-6-7-14/h14-15H,3-11H2,1-2H3. The van der Waals surface area contributed by atoms with Gasteiger partial charge in [-0.15, -0.1) is 0 Å². The third kappa shape index (κ3) is 4.05. The summed E-state index contributed by atoms with van der Waals surface area (Å²) in [5.74, 6) is 2.35. The fourth-order valence-corrected chi connectivity index (χ4v) is 3.57. The Morgan fingerprint density at radius 2 is 2.04 bits per heavy atom. The predicted molar refractivity (Wildman–Crippen MR) is 95.2 cm³/mol. The maximum Gasteiger partial charge on any atom is 0.260 e. The topological polar surface area (TPSA) is 94.5 Å². The number of rotatable bonds is 7. The number of carbonyl (C=O) groups excluding carboxylic acids is 1. The highest BCUT2D eigenvalue weighted by Gasteiger charge is 2.35. The maximum atomic E-state index is 13.1. The van der Waals surface area contributed by atoms with Gasteiger partial charge in [-0.05, 0) is 51.9 Å². The first-order valence-electron chi connectivity index (χ1n) is 9.77. The van der Waals surface area contributed by atoms with Gasteiger partial charge in [-0.1, -0.05) is 10.3 Å². The number of carbonyl (C=O) groups is 1. The van der Waals surface area contributed by atoms with Crippen LogP contribution >= 0.6 is 0 Å². The van der Waals surface area contributed by atoms with Crippen LogP contribution < -0.4 is 0 Å². The monoisotopic (exact) mass is 374 g/mol. The van der Waals surface area contributed by atoms with Crippen molar-refractivity contribution in [1.29, 1.82) is 0 Å². The Balaban J connectivity index is 1.43. The van der Waals surface area contributed by atoms with E-state index in [4.69, 9.17) is 13.8 Å². The smallest absolute Gasteiger partial charge is 0.260 e. The van der Waals surface area contributed by atoms with Crippen LogP contribution in [0.2, 0.25) is 0 Å². The zero-order chi connectivity index (χ0) is 18.8. The van der Waals surface area contributed by atoms with Crippen molar-refractivity contribution < 1.29 is 18.6 Å². The lowest BCUT2D eigenvalue weighted by Gasteiger charge is -2.33. The molecular formula is C19H26N4O4. The number of likely N-dealkylation sites (tertiary alicyclic amines) is 1. The van der Waals surface area contributed by atoms with E-state index in [1.807, 2.05) is 4.90 Å². The van der Waals surface area contributed by atoms with Crippen molar-refractivity contribution in [2.24, 2.45) is 5.92 Å². The third-order valence-electron chi connectivity index (χ3n) is 5.30. The van der Waals surface area contributed by atoms with E-state index in [1.54, 1.807) is 13.8 Å². The molecule has 0 bridgehead atoms. The van der Waals surface area contributed by atoms with E-state index < -0.39 is 0 Å². The summed E-state index contributed by atoms with van der Waals surface area (Å²) in [7, 11) is 0. The normalized spacial score (nSPS) is 20.2. The lowest BCUT2D eigenvalue weighted by Crippen LogP contribution is -2.39. The van der Waals surface area contributed by atoms with Gasteiger partial charge < -0.3 is 18.7 Å². The summed E-state index contributed by atoms with van der Waals surface area (Å²) in [4.78, 5) is 19.4. The first-order valence-corrected chi connectivity index (χ1v) is 9.77. The van der Waals surface area contributed by atoms with E-state index in [1.165, 1.54) is 12.8 Å². The van der Waals surface area contributed by atoms with Crippen LogP contribution in [0, 0.1) is 19.8 Å². The second kappa shape index (κ2) is 7.80. The van der Waals surface area contributed by atoms with E-state index in [0.717, 1.165) is 31.8 Å². The van der Waals surface area contributed by atoms with Crippen LogP contribution in [0.4, 0.5) is 0 Å². The molecule has 27 heavy (non-hydrogen) atoms. The molecule has 2 aromatic heterocycles. The Morgan fingerprint density at radius 1 is 1.19 bits per heavy atom. The molecule has 0 spiro atoms. The number of ether oxygens (including phenoxy) is 1. The number of amides is 1. The molecule has 2 aliphatic rings. The Bertz CT molecular complexity index is 776. The first-order chi connectivity index (χ1) is 13.1. The molecule has 8 nitrogen and oxygen atoms in total. The van der Waals surface area contributed by atoms with E-state index in [-0.39, 0.29) is 11.9 Å². The molecule has 0 aromatic carbocycles. The summed E-state index contributed by atoms with van der Waals surface area (Å²) < 4.78 is 16.3. The van der Waals surface area contributed by atoms with Crippen molar-refractivity contribution in [3.63, 3.8) is 0 Å². The van der Waals surface area contributed by atoms with Crippen molar-refractivity contribution in [3.05, 3.63) is 28.7 Å². The summed E-state index contributed by atoms with van der Waals surface area (Å²) in [6.07, 6.45) is 5.99. The molecular weight excluding hydrogens is 348 g/mol. The van der Waals surface area contributed by atoms with Crippen molar-refractivity contribution >= 4 is 5.91 Å². The molecule has 1 saturated carbocycles. The average molecular weight is 374 g/mol. The van der Waals surface area contributed by atoms with Crippen molar-refractivity contribution in [2.45, 2.75) is 58.4 Å². The number of hydrogen-bond donors (Lipinski definition) is 0. The van der Waals surface area contributed by atoms with Gasteiger partial charge in [0.05, 0.1) is 12.3 Å². The molecule has 8 heteroatoms. The van der Waals surface area contributed by atoms with Crippen LogP contribution in [0.25, 0.3) is 0 Å². The van der Waals surface area contributed by atoms with Crippen LogP contribution in [0.15, 0.2) is 9.05 Å². The van der Waals surface area contributed by atoms with Crippen LogP contribution in [-0.4, -0.2) is 45.9 Å². The number of aryl methyl sites for hydroxylation is 2. The molecule has 146 valence electrons.